The number of nitrogens with zero attached hydrogens (tertiary/aromatic N) is 1. The van der Waals surface area contributed by atoms with Crippen molar-refractivity contribution >= 4 is 23.7 Å². The van der Waals surface area contributed by atoms with Crippen molar-refractivity contribution in [3.63, 3.8) is 0 Å². The minimum atomic E-state index is -1.08. The molecule has 1 aromatic carbocycles. The van der Waals surface area contributed by atoms with Gasteiger partial charge in [-0.15, -0.1) is 0 Å². The molecule has 0 spiro atoms. The van der Waals surface area contributed by atoms with Crippen molar-refractivity contribution in [3.8, 4) is 0 Å². The predicted molar refractivity (Wildman–Crippen MR) is 73.9 cm³/mol. The molecule has 7 heteroatoms. The van der Waals surface area contributed by atoms with Gasteiger partial charge in [0.2, 0.25) is 11.8 Å². The van der Waals surface area contributed by atoms with Gasteiger partial charge in [0.25, 0.3) is 5.91 Å². The standard InChI is InChI=1S/C15H14N2O5/c18-11-5-4-10(14(21)16-11)9-3-1-2-8-6-17(7-12(19)20)15(22)13(8)9/h1-3,10H,4-7H2,(H,19,20)(H,16,18,21). The number of hydrogen-bond donors (Lipinski definition) is 2. The molecule has 1 saturated heterocycles. The van der Waals surface area contributed by atoms with Crippen LogP contribution in [0.3, 0.4) is 0 Å². The van der Waals surface area contributed by atoms with Crippen molar-refractivity contribution in [1.82, 2.24) is 10.2 Å². The molecule has 1 unspecified atom stereocenters. The van der Waals surface area contributed by atoms with Crippen molar-refractivity contribution in [2.24, 2.45) is 0 Å². The molecule has 0 radical (unpaired) electrons. The Balaban J connectivity index is 1.95. The monoisotopic (exact) mass is 302 g/mol. The fraction of sp³-hybridized carbons (Fsp3) is 0.333. The largest absolute Gasteiger partial charge is 0.480 e. The van der Waals surface area contributed by atoms with Crippen molar-refractivity contribution in [1.29, 1.82) is 0 Å². The summed E-state index contributed by atoms with van der Waals surface area (Å²) in [7, 11) is 0. The number of fused-ring (bicyclic) bond motifs is 1. The van der Waals surface area contributed by atoms with E-state index >= 15 is 0 Å². The highest BCUT2D eigenvalue weighted by Gasteiger charge is 2.36. The topological polar surface area (TPSA) is 104 Å². The van der Waals surface area contributed by atoms with Crippen molar-refractivity contribution < 1.29 is 24.3 Å². The molecule has 2 heterocycles. The van der Waals surface area contributed by atoms with Gasteiger partial charge in [-0.3, -0.25) is 24.5 Å². The maximum absolute atomic E-state index is 12.4. The number of carboxylic acid groups (broad SMARTS) is 1. The molecule has 2 aliphatic heterocycles. The van der Waals surface area contributed by atoms with Crippen LogP contribution in [-0.4, -0.2) is 40.2 Å². The Kier molecular flexibility index (Phi) is 3.40. The molecule has 3 rings (SSSR count). The van der Waals surface area contributed by atoms with E-state index in [0.717, 1.165) is 0 Å². The molecule has 1 atom stereocenters. The van der Waals surface area contributed by atoms with Gasteiger partial charge in [-0.25, -0.2) is 0 Å². The number of carboxylic acids is 1. The zero-order valence-corrected chi connectivity index (χ0v) is 11.7. The molecule has 7 nitrogen and oxygen atoms in total. The van der Waals surface area contributed by atoms with Gasteiger partial charge in [-0.05, 0) is 17.5 Å². The summed E-state index contributed by atoms with van der Waals surface area (Å²) in [4.78, 5) is 47.8. The van der Waals surface area contributed by atoms with Crippen LogP contribution in [0, 0.1) is 0 Å². The fourth-order valence-corrected chi connectivity index (χ4v) is 3.02. The highest BCUT2D eigenvalue weighted by atomic mass is 16.4. The first kappa shape index (κ1) is 14.2. The molecule has 1 aromatic rings. The van der Waals surface area contributed by atoms with E-state index in [1.165, 1.54) is 4.90 Å². The number of carbonyl (C=O) groups excluding carboxylic acids is 3. The predicted octanol–water partition coefficient (Wildman–Crippen LogP) is 0.247. The van der Waals surface area contributed by atoms with Gasteiger partial charge in [0, 0.05) is 18.5 Å². The van der Waals surface area contributed by atoms with E-state index in [1.807, 2.05) is 0 Å². The molecular formula is C15H14N2O5. The van der Waals surface area contributed by atoms with Crippen LogP contribution >= 0.6 is 0 Å². The van der Waals surface area contributed by atoms with Crippen LogP contribution in [0.5, 0.6) is 0 Å². The first-order chi connectivity index (χ1) is 10.5. The average Bonchev–Trinajstić information content (AvgIpc) is 2.75. The Morgan fingerprint density at radius 2 is 2.09 bits per heavy atom. The fourth-order valence-electron chi connectivity index (χ4n) is 3.02. The third-order valence-electron chi connectivity index (χ3n) is 3.99. The van der Waals surface area contributed by atoms with Crippen LogP contribution in [0.2, 0.25) is 0 Å². The second-order valence-electron chi connectivity index (χ2n) is 5.44. The lowest BCUT2D eigenvalue weighted by atomic mass is 9.86. The van der Waals surface area contributed by atoms with E-state index in [0.29, 0.717) is 23.1 Å². The van der Waals surface area contributed by atoms with Crippen molar-refractivity contribution in [2.45, 2.75) is 25.3 Å². The first-order valence-corrected chi connectivity index (χ1v) is 6.94. The number of imide groups is 1. The maximum atomic E-state index is 12.4. The van der Waals surface area contributed by atoms with E-state index in [-0.39, 0.29) is 31.3 Å². The Hall–Kier alpha value is -2.70. The normalized spacial score (nSPS) is 20.8. The quantitative estimate of drug-likeness (QED) is 0.779. The minimum absolute atomic E-state index is 0.224. The third kappa shape index (κ3) is 2.34. The zero-order valence-electron chi connectivity index (χ0n) is 11.7. The Morgan fingerprint density at radius 1 is 1.32 bits per heavy atom. The molecule has 0 aliphatic carbocycles. The number of aliphatic carboxylic acids is 1. The number of benzene rings is 1. The summed E-state index contributed by atoms with van der Waals surface area (Å²) >= 11 is 0. The van der Waals surface area contributed by atoms with Gasteiger partial charge < -0.3 is 10.0 Å². The summed E-state index contributed by atoms with van der Waals surface area (Å²) in [6.07, 6.45) is 0.584. The van der Waals surface area contributed by atoms with E-state index < -0.39 is 17.8 Å². The van der Waals surface area contributed by atoms with Crippen molar-refractivity contribution in [3.05, 3.63) is 34.9 Å². The number of carbonyl (C=O) groups is 4. The molecule has 1 fully saturated rings. The van der Waals surface area contributed by atoms with Gasteiger partial charge in [0.1, 0.15) is 6.54 Å². The van der Waals surface area contributed by atoms with Crippen LogP contribution in [0.1, 0.15) is 40.2 Å². The molecule has 114 valence electrons. The van der Waals surface area contributed by atoms with Crippen molar-refractivity contribution in [2.75, 3.05) is 6.54 Å². The van der Waals surface area contributed by atoms with Crippen LogP contribution in [0.15, 0.2) is 18.2 Å². The number of hydrogen-bond acceptors (Lipinski definition) is 4. The first-order valence-electron chi connectivity index (χ1n) is 6.94. The van der Waals surface area contributed by atoms with E-state index in [4.69, 9.17) is 5.11 Å². The SMILES string of the molecule is O=C(O)CN1Cc2cccc(C3CCC(=O)NC3=O)c2C1=O. The average molecular weight is 302 g/mol. The van der Waals surface area contributed by atoms with Crippen LogP contribution in [-0.2, 0) is 20.9 Å². The van der Waals surface area contributed by atoms with Crippen LogP contribution in [0.4, 0.5) is 0 Å². The summed E-state index contributed by atoms with van der Waals surface area (Å²) in [5.74, 6) is -2.73. The molecule has 2 aliphatic rings. The molecule has 22 heavy (non-hydrogen) atoms. The zero-order chi connectivity index (χ0) is 15.9. The molecule has 0 aromatic heterocycles. The summed E-state index contributed by atoms with van der Waals surface area (Å²) in [5, 5.41) is 11.1. The Labute approximate surface area is 125 Å². The molecule has 0 bridgehead atoms. The van der Waals surface area contributed by atoms with E-state index in [2.05, 4.69) is 5.32 Å². The summed E-state index contributed by atoms with van der Waals surface area (Å²) < 4.78 is 0. The smallest absolute Gasteiger partial charge is 0.323 e. The number of nitrogens with one attached hydrogen (secondary N) is 1. The lowest BCUT2D eigenvalue weighted by molar-refractivity contribution is -0.138. The minimum Gasteiger partial charge on any atom is -0.480 e. The molecule has 3 amide bonds. The van der Waals surface area contributed by atoms with E-state index in [1.54, 1.807) is 18.2 Å². The second kappa shape index (κ2) is 5.25. The number of piperidine rings is 1. The lowest BCUT2D eigenvalue weighted by Gasteiger charge is -2.22. The summed E-state index contributed by atoms with van der Waals surface area (Å²) in [6, 6.07) is 5.20. The number of amides is 3. The molecule has 2 N–H and O–H groups in total. The Bertz CT molecular complexity index is 697. The molecular weight excluding hydrogens is 288 g/mol. The summed E-state index contributed by atoms with van der Waals surface area (Å²) in [6.45, 7) is -0.149. The summed E-state index contributed by atoms with van der Waals surface area (Å²) in [5.41, 5.74) is 1.69. The maximum Gasteiger partial charge on any atom is 0.323 e. The Morgan fingerprint density at radius 3 is 2.77 bits per heavy atom. The van der Waals surface area contributed by atoms with Gasteiger partial charge in [0.05, 0.1) is 5.92 Å². The van der Waals surface area contributed by atoms with E-state index in [9.17, 15) is 19.2 Å². The highest BCUT2D eigenvalue weighted by Crippen LogP contribution is 2.33. The second-order valence-corrected chi connectivity index (χ2v) is 5.44. The van der Waals surface area contributed by atoms with Crippen LogP contribution < -0.4 is 5.32 Å². The van der Waals surface area contributed by atoms with Gasteiger partial charge >= 0.3 is 5.97 Å². The molecule has 0 saturated carbocycles. The highest BCUT2D eigenvalue weighted by molar-refractivity contribution is 6.05. The van der Waals surface area contributed by atoms with Crippen LogP contribution in [0.25, 0.3) is 0 Å². The van der Waals surface area contributed by atoms with Gasteiger partial charge in [0.15, 0.2) is 0 Å². The number of rotatable bonds is 3. The van der Waals surface area contributed by atoms with Gasteiger partial charge in [-0.1, -0.05) is 18.2 Å². The van der Waals surface area contributed by atoms with Gasteiger partial charge in [-0.2, -0.15) is 0 Å². The lowest BCUT2D eigenvalue weighted by Crippen LogP contribution is -2.40. The third-order valence-corrected chi connectivity index (χ3v) is 3.99.